The van der Waals surface area contributed by atoms with Crippen LogP contribution in [0.3, 0.4) is 0 Å². The van der Waals surface area contributed by atoms with E-state index in [-0.39, 0.29) is 0 Å². The molecule has 0 amide bonds. The zero-order valence-corrected chi connectivity index (χ0v) is 10.9. The van der Waals surface area contributed by atoms with Crippen LogP contribution in [0.15, 0.2) is 36.7 Å². The van der Waals surface area contributed by atoms with Crippen molar-refractivity contribution in [1.29, 1.82) is 0 Å². The molecule has 0 saturated heterocycles. The van der Waals surface area contributed by atoms with Gasteiger partial charge in [0.25, 0.3) is 0 Å². The number of hydrogen-bond donors (Lipinski definition) is 0. The van der Waals surface area contributed by atoms with Gasteiger partial charge in [-0.3, -0.25) is 4.98 Å². The van der Waals surface area contributed by atoms with Crippen LogP contribution in [0.4, 0.5) is 11.5 Å². The van der Waals surface area contributed by atoms with Crippen molar-refractivity contribution < 1.29 is 0 Å². The molecule has 0 fully saturated rings. The van der Waals surface area contributed by atoms with Gasteiger partial charge in [-0.1, -0.05) is 18.2 Å². The number of hydrogen-bond acceptors (Lipinski definition) is 3. The monoisotopic (exact) mass is 259 g/mol. The van der Waals surface area contributed by atoms with Gasteiger partial charge in [0.15, 0.2) is 5.82 Å². The summed E-state index contributed by atoms with van der Waals surface area (Å²) in [6, 6.07) is 8.86. The van der Waals surface area contributed by atoms with Crippen LogP contribution in [-0.2, 0) is 12.3 Å². The lowest BCUT2D eigenvalue weighted by molar-refractivity contribution is 0.747. The van der Waals surface area contributed by atoms with Gasteiger partial charge in [0.1, 0.15) is 0 Å². The first-order valence-electron chi connectivity index (χ1n) is 6.03. The van der Waals surface area contributed by atoms with E-state index < -0.39 is 0 Å². The molecule has 0 N–H and O–H groups in total. The highest BCUT2D eigenvalue weighted by Gasteiger charge is 2.27. The summed E-state index contributed by atoms with van der Waals surface area (Å²) in [6.07, 6.45) is 4.60. The van der Waals surface area contributed by atoms with Gasteiger partial charge in [0.2, 0.25) is 0 Å². The van der Waals surface area contributed by atoms with Gasteiger partial charge in [-0.15, -0.1) is 11.6 Å². The third kappa shape index (κ3) is 1.85. The van der Waals surface area contributed by atoms with Crippen molar-refractivity contribution in [3.8, 4) is 0 Å². The fraction of sp³-hybridized carbons (Fsp3) is 0.286. The molecule has 1 aromatic carbocycles. The summed E-state index contributed by atoms with van der Waals surface area (Å²) in [6.45, 7) is 2.21. The molecule has 1 aromatic heterocycles. The molecule has 2 heterocycles. The minimum absolute atomic E-state index is 0.402. The molecular weight excluding hydrogens is 246 g/mol. The van der Waals surface area contributed by atoms with Gasteiger partial charge in [-0.2, -0.15) is 0 Å². The Hall–Kier alpha value is -1.61. The molecule has 1 aliphatic rings. The number of anilines is 2. The molecule has 0 spiro atoms. The number of halogens is 1. The number of para-hydroxylation sites is 1. The van der Waals surface area contributed by atoms with Crippen LogP contribution in [0.2, 0.25) is 0 Å². The topological polar surface area (TPSA) is 29.0 Å². The fourth-order valence-corrected chi connectivity index (χ4v) is 2.59. The highest BCUT2D eigenvalue weighted by atomic mass is 35.5. The molecule has 4 heteroatoms. The lowest BCUT2D eigenvalue weighted by Gasteiger charge is -2.23. The number of rotatable bonds is 2. The average molecular weight is 260 g/mol. The summed E-state index contributed by atoms with van der Waals surface area (Å²) in [7, 11) is 0. The first kappa shape index (κ1) is 11.5. The van der Waals surface area contributed by atoms with Crippen LogP contribution in [0.5, 0.6) is 0 Å². The van der Waals surface area contributed by atoms with Crippen molar-refractivity contribution in [3.05, 3.63) is 47.9 Å². The Morgan fingerprint density at radius 3 is 2.83 bits per heavy atom. The molecule has 0 aliphatic carbocycles. The van der Waals surface area contributed by atoms with Gasteiger partial charge in [0, 0.05) is 11.7 Å². The zero-order chi connectivity index (χ0) is 12.5. The second-order valence-corrected chi connectivity index (χ2v) is 4.82. The summed E-state index contributed by atoms with van der Waals surface area (Å²) >= 11 is 5.73. The van der Waals surface area contributed by atoms with Crippen LogP contribution >= 0.6 is 11.6 Å². The van der Waals surface area contributed by atoms with E-state index in [1.54, 1.807) is 12.4 Å². The second-order valence-electron chi connectivity index (χ2n) is 4.55. The Balaban J connectivity index is 2.00. The third-order valence-corrected chi connectivity index (χ3v) is 3.56. The Morgan fingerprint density at radius 1 is 1.28 bits per heavy atom. The molecular formula is C14H14ClN3. The highest BCUT2D eigenvalue weighted by Crippen LogP contribution is 2.36. The minimum Gasteiger partial charge on any atom is -0.322 e. The second kappa shape index (κ2) is 4.58. The number of nitrogens with zero attached hydrogens (tertiary/aromatic N) is 3. The van der Waals surface area contributed by atoms with Crippen LogP contribution in [0.1, 0.15) is 18.2 Å². The van der Waals surface area contributed by atoms with Gasteiger partial charge >= 0.3 is 0 Å². The first-order valence-corrected chi connectivity index (χ1v) is 6.57. The van der Waals surface area contributed by atoms with Crippen molar-refractivity contribution in [2.24, 2.45) is 0 Å². The molecule has 18 heavy (non-hydrogen) atoms. The van der Waals surface area contributed by atoms with Crippen LogP contribution in [-0.4, -0.2) is 16.0 Å². The normalized spacial score (nSPS) is 17.9. The van der Waals surface area contributed by atoms with Gasteiger partial charge in [-0.25, -0.2) is 4.98 Å². The quantitative estimate of drug-likeness (QED) is 0.775. The van der Waals surface area contributed by atoms with Gasteiger partial charge in [-0.05, 0) is 25.0 Å². The summed E-state index contributed by atoms with van der Waals surface area (Å²) in [4.78, 5) is 11.0. The standard InChI is InChI=1S/C14H14ClN3/c1-10-6-11-4-2-3-5-13(11)18(10)14-9-16-12(7-15)8-17-14/h2-5,8-10H,6-7H2,1H3. The van der Waals surface area contributed by atoms with Crippen LogP contribution in [0.25, 0.3) is 0 Å². The molecule has 3 rings (SSSR count). The van der Waals surface area contributed by atoms with Crippen LogP contribution in [0, 0.1) is 0 Å². The summed E-state index contributed by atoms with van der Waals surface area (Å²) in [5, 5.41) is 0. The Morgan fingerprint density at radius 2 is 2.11 bits per heavy atom. The predicted molar refractivity (Wildman–Crippen MR) is 73.3 cm³/mol. The fourth-order valence-electron chi connectivity index (χ4n) is 2.46. The number of benzene rings is 1. The van der Waals surface area contributed by atoms with E-state index in [0.717, 1.165) is 17.9 Å². The van der Waals surface area contributed by atoms with Crippen LogP contribution < -0.4 is 4.90 Å². The predicted octanol–water partition coefficient (Wildman–Crippen LogP) is 3.30. The molecule has 0 saturated carbocycles. The lowest BCUT2D eigenvalue weighted by atomic mass is 10.1. The molecule has 1 atom stereocenters. The first-order chi connectivity index (χ1) is 8.79. The number of fused-ring (bicyclic) bond motifs is 1. The van der Waals surface area contributed by atoms with E-state index in [4.69, 9.17) is 11.6 Å². The lowest BCUT2D eigenvalue weighted by Crippen LogP contribution is -2.24. The largest absolute Gasteiger partial charge is 0.322 e. The number of alkyl halides is 1. The van der Waals surface area contributed by atoms with E-state index in [2.05, 4.69) is 46.1 Å². The molecule has 92 valence electrons. The minimum atomic E-state index is 0.402. The molecule has 2 aromatic rings. The molecule has 0 radical (unpaired) electrons. The van der Waals surface area contributed by atoms with Crippen molar-refractivity contribution >= 4 is 23.1 Å². The maximum absolute atomic E-state index is 5.73. The van der Waals surface area contributed by atoms with E-state index in [9.17, 15) is 0 Å². The van der Waals surface area contributed by atoms with Gasteiger partial charge < -0.3 is 4.90 Å². The Labute approximate surface area is 111 Å². The van der Waals surface area contributed by atoms with E-state index >= 15 is 0 Å². The molecule has 3 nitrogen and oxygen atoms in total. The smallest absolute Gasteiger partial charge is 0.151 e. The molecule has 0 bridgehead atoms. The number of aromatic nitrogens is 2. The average Bonchev–Trinajstić information content (AvgIpc) is 2.75. The highest BCUT2D eigenvalue weighted by molar-refractivity contribution is 6.16. The maximum atomic E-state index is 5.73. The molecule has 1 aliphatic heterocycles. The zero-order valence-electron chi connectivity index (χ0n) is 10.2. The van der Waals surface area contributed by atoms with E-state index in [1.807, 2.05) is 0 Å². The van der Waals surface area contributed by atoms with Crippen molar-refractivity contribution in [2.45, 2.75) is 25.3 Å². The summed E-state index contributed by atoms with van der Waals surface area (Å²) in [5.74, 6) is 1.29. The summed E-state index contributed by atoms with van der Waals surface area (Å²) in [5.41, 5.74) is 3.41. The summed E-state index contributed by atoms with van der Waals surface area (Å²) < 4.78 is 0. The van der Waals surface area contributed by atoms with E-state index in [0.29, 0.717) is 11.9 Å². The maximum Gasteiger partial charge on any atom is 0.151 e. The molecule has 1 unspecified atom stereocenters. The van der Waals surface area contributed by atoms with Crippen molar-refractivity contribution in [2.75, 3.05) is 4.90 Å². The Bertz CT molecular complexity index is 553. The van der Waals surface area contributed by atoms with Crippen molar-refractivity contribution in [1.82, 2.24) is 9.97 Å². The SMILES string of the molecule is CC1Cc2ccccc2N1c1cnc(CCl)cn1. The Kier molecular flexibility index (Phi) is 2.92. The third-order valence-electron chi connectivity index (χ3n) is 3.28. The van der Waals surface area contributed by atoms with E-state index in [1.165, 1.54) is 11.3 Å². The van der Waals surface area contributed by atoms with Crippen molar-refractivity contribution in [3.63, 3.8) is 0 Å². The van der Waals surface area contributed by atoms with Gasteiger partial charge in [0.05, 0.1) is 24.0 Å².